The molecule has 1 N–H and O–H groups in total. The Morgan fingerprint density at radius 1 is 1.24 bits per heavy atom. The average Bonchev–Trinajstić information content (AvgIpc) is 3.35. The molecule has 9 nitrogen and oxygen atoms in total. The lowest BCUT2D eigenvalue weighted by atomic mass is 9.58. The second-order valence-corrected chi connectivity index (χ2v) is 8.50. The van der Waals surface area contributed by atoms with E-state index in [-0.39, 0.29) is 23.3 Å². The molecule has 0 unspecified atom stereocenters. The summed E-state index contributed by atoms with van der Waals surface area (Å²) >= 11 is 0. The van der Waals surface area contributed by atoms with Crippen molar-refractivity contribution in [2.24, 2.45) is 11.3 Å². The summed E-state index contributed by atoms with van der Waals surface area (Å²) in [5.74, 6) is 0.205. The summed E-state index contributed by atoms with van der Waals surface area (Å²) in [7, 11) is 0. The first-order valence-electron chi connectivity index (χ1n) is 9.67. The van der Waals surface area contributed by atoms with Crippen molar-refractivity contribution in [3.05, 3.63) is 24.3 Å². The van der Waals surface area contributed by atoms with Crippen molar-refractivity contribution in [1.82, 2.24) is 39.7 Å². The summed E-state index contributed by atoms with van der Waals surface area (Å²) in [6.45, 7) is 3.23. The van der Waals surface area contributed by atoms with Crippen molar-refractivity contribution in [2.75, 3.05) is 26.2 Å². The largest absolute Gasteiger partial charge is 0.453 e. The van der Waals surface area contributed by atoms with Crippen molar-refractivity contribution >= 4 is 6.03 Å². The third-order valence-electron chi connectivity index (χ3n) is 6.28. The highest BCUT2D eigenvalue weighted by atomic mass is 19.4. The number of urea groups is 1. The van der Waals surface area contributed by atoms with Crippen LogP contribution in [0.2, 0.25) is 0 Å². The predicted octanol–water partition coefficient (Wildman–Crippen LogP) is 1.74. The quantitative estimate of drug-likeness (QED) is 0.832. The zero-order valence-electron chi connectivity index (χ0n) is 15.6. The van der Waals surface area contributed by atoms with Gasteiger partial charge in [-0.15, -0.1) is 5.10 Å². The van der Waals surface area contributed by atoms with Crippen LogP contribution in [0.3, 0.4) is 0 Å². The van der Waals surface area contributed by atoms with Gasteiger partial charge in [-0.05, 0) is 25.2 Å². The molecule has 1 saturated carbocycles. The Morgan fingerprint density at radius 2 is 2.03 bits per heavy atom. The van der Waals surface area contributed by atoms with Crippen LogP contribution in [0.25, 0.3) is 0 Å². The van der Waals surface area contributed by atoms with E-state index in [0.717, 1.165) is 44.5 Å². The molecule has 2 aromatic heterocycles. The van der Waals surface area contributed by atoms with E-state index in [1.807, 2.05) is 9.80 Å². The van der Waals surface area contributed by atoms with Gasteiger partial charge in [0.2, 0.25) is 0 Å². The molecule has 1 aliphatic carbocycles. The van der Waals surface area contributed by atoms with Gasteiger partial charge in [-0.2, -0.15) is 18.3 Å². The number of nitrogens with zero attached hydrogens (tertiary/aromatic N) is 7. The van der Waals surface area contributed by atoms with E-state index in [1.54, 1.807) is 0 Å². The number of amides is 2. The number of carbonyl (C=O) groups is 1. The van der Waals surface area contributed by atoms with E-state index in [9.17, 15) is 18.0 Å². The van der Waals surface area contributed by atoms with Gasteiger partial charge in [0.25, 0.3) is 5.82 Å². The van der Waals surface area contributed by atoms with Gasteiger partial charge in [0.05, 0.1) is 0 Å². The number of hydrogen-bond donors (Lipinski definition) is 1. The molecule has 1 atom stereocenters. The van der Waals surface area contributed by atoms with Gasteiger partial charge in [-0.25, -0.2) is 14.8 Å². The van der Waals surface area contributed by atoms with E-state index < -0.39 is 12.0 Å². The Hall–Kier alpha value is -2.66. The molecule has 2 amide bonds. The van der Waals surface area contributed by atoms with Crippen LogP contribution in [0, 0.1) is 11.3 Å². The van der Waals surface area contributed by atoms with E-state index in [2.05, 4.69) is 25.3 Å². The fraction of sp³-hybridized carbons (Fsp3) is 0.706. The number of alkyl halides is 3. The van der Waals surface area contributed by atoms with Crippen molar-refractivity contribution in [3.63, 3.8) is 0 Å². The average molecular weight is 410 g/mol. The third-order valence-corrected chi connectivity index (χ3v) is 6.28. The Bertz CT molecular complexity index is 881. The Morgan fingerprint density at radius 3 is 2.69 bits per heavy atom. The normalized spacial score (nSPS) is 24.0. The smallest absolute Gasteiger partial charge is 0.324 e. The minimum Gasteiger partial charge on any atom is -0.324 e. The maximum absolute atomic E-state index is 12.7. The summed E-state index contributed by atoms with van der Waals surface area (Å²) in [6, 6.07) is 0.0622. The number of nitrogens with one attached hydrogen (secondary N) is 1. The molecule has 2 aromatic rings. The highest BCUT2D eigenvalue weighted by Crippen LogP contribution is 2.52. The first kappa shape index (κ1) is 18.4. The summed E-state index contributed by atoms with van der Waals surface area (Å²) in [5, 5.41) is 10.3. The van der Waals surface area contributed by atoms with E-state index in [1.165, 1.54) is 11.0 Å². The molecule has 1 spiro atoms. The maximum Gasteiger partial charge on any atom is 0.453 e. The molecule has 29 heavy (non-hydrogen) atoms. The first-order chi connectivity index (χ1) is 13.8. The van der Waals surface area contributed by atoms with Crippen LogP contribution in [0.5, 0.6) is 0 Å². The Labute approximate surface area is 164 Å². The number of aromatic nitrogens is 6. The molecule has 0 radical (unpaired) electrons. The lowest BCUT2D eigenvalue weighted by molar-refractivity contribution is -0.145. The van der Waals surface area contributed by atoms with Crippen LogP contribution in [0.4, 0.5) is 18.0 Å². The lowest BCUT2D eigenvalue weighted by Gasteiger charge is -2.59. The molecule has 12 heteroatoms. The zero-order chi connectivity index (χ0) is 20.2. The van der Waals surface area contributed by atoms with E-state index in [0.29, 0.717) is 19.6 Å². The minimum absolute atomic E-state index is 0.0622. The molecule has 156 valence electrons. The highest BCUT2D eigenvalue weighted by Gasteiger charge is 2.54. The Balaban J connectivity index is 1.08. The lowest BCUT2D eigenvalue weighted by Crippen LogP contribution is -2.65. The first-order valence-corrected chi connectivity index (χ1v) is 9.67. The molecule has 5 rings (SSSR count). The molecule has 4 heterocycles. The number of H-pyrrole nitrogens is 1. The molecule has 3 fully saturated rings. The van der Waals surface area contributed by atoms with Gasteiger partial charge < -0.3 is 9.80 Å². The van der Waals surface area contributed by atoms with Crippen molar-refractivity contribution < 1.29 is 18.0 Å². The third kappa shape index (κ3) is 3.33. The summed E-state index contributed by atoms with van der Waals surface area (Å²) < 4.78 is 39.0. The predicted molar refractivity (Wildman–Crippen MR) is 92.5 cm³/mol. The molecule has 2 aliphatic heterocycles. The molecular weight excluding hydrogens is 389 g/mol. The zero-order valence-corrected chi connectivity index (χ0v) is 15.6. The molecule has 0 aromatic carbocycles. The molecular formula is C17H21F3N8O. The van der Waals surface area contributed by atoms with E-state index in [4.69, 9.17) is 0 Å². The van der Waals surface area contributed by atoms with Gasteiger partial charge in [0.1, 0.15) is 18.5 Å². The van der Waals surface area contributed by atoms with Gasteiger partial charge in [0, 0.05) is 44.1 Å². The highest BCUT2D eigenvalue weighted by molar-refractivity contribution is 5.76. The fourth-order valence-corrected chi connectivity index (χ4v) is 5.00. The van der Waals surface area contributed by atoms with Crippen molar-refractivity contribution in [3.8, 4) is 0 Å². The van der Waals surface area contributed by atoms with Crippen molar-refractivity contribution in [1.29, 1.82) is 0 Å². The van der Waals surface area contributed by atoms with Crippen LogP contribution in [-0.2, 0) is 12.7 Å². The van der Waals surface area contributed by atoms with Crippen LogP contribution in [-0.4, -0.2) is 72.0 Å². The van der Waals surface area contributed by atoms with Crippen LogP contribution < -0.4 is 0 Å². The summed E-state index contributed by atoms with van der Waals surface area (Å²) in [4.78, 5) is 24.0. The van der Waals surface area contributed by atoms with Crippen LogP contribution in [0.15, 0.2) is 12.7 Å². The second kappa shape index (κ2) is 6.42. The van der Waals surface area contributed by atoms with Crippen LogP contribution >= 0.6 is 0 Å². The SMILES string of the molecule is O=C(N1CC[C@H](c2ncn[nH]2)C1)N1CC2(CC(Cn3cnc(C(F)(F)F)n3)C2)C1. The number of aromatic amines is 1. The topological polar surface area (TPSA) is 95.8 Å². The standard InChI is InChI=1S/C17H21F3N8O/c18-17(19,20)14-22-10-28(25-14)5-11-3-16(4-11)7-27(8-16)15(29)26-2-1-12(6-26)13-21-9-23-24-13/h9-12H,1-8H2,(H,21,23,24)/t12-/m0/s1. The molecule has 3 aliphatic rings. The maximum atomic E-state index is 12.7. The fourth-order valence-electron chi connectivity index (χ4n) is 5.00. The minimum atomic E-state index is -4.51. The number of carbonyl (C=O) groups excluding carboxylic acids is 1. The van der Waals surface area contributed by atoms with Crippen molar-refractivity contribution in [2.45, 2.75) is 37.9 Å². The summed E-state index contributed by atoms with van der Waals surface area (Å²) in [6.07, 6.45) is 0.790. The summed E-state index contributed by atoms with van der Waals surface area (Å²) in [5.41, 5.74) is 0.123. The number of hydrogen-bond acceptors (Lipinski definition) is 5. The second-order valence-electron chi connectivity index (χ2n) is 8.50. The Kier molecular flexibility index (Phi) is 4.07. The van der Waals surface area contributed by atoms with Crippen LogP contribution in [0.1, 0.15) is 36.8 Å². The van der Waals surface area contributed by atoms with E-state index >= 15 is 0 Å². The monoisotopic (exact) mass is 410 g/mol. The number of rotatable bonds is 3. The number of halogens is 3. The number of likely N-dealkylation sites (tertiary alicyclic amines) is 2. The van der Waals surface area contributed by atoms with Gasteiger partial charge in [-0.3, -0.25) is 9.78 Å². The van der Waals surface area contributed by atoms with Gasteiger partial charge >= 0.3 is 12.2 Å². The molecule has 2 saturated heterocycles. The van der Waals surface area contributed by atoms with Gasteiger partial charge in [0.15, 0.2) is 0 Å². The van der Waals surface area contributed by atoms with Gasteiger partial charge in [-0.1, -0.05) is 0 Å². The molecule has 0 bridgehead atoms.